The summed E-state index contributed by atoms with van der Waals surface area (Å²) in [7, 11) is -1.29. The Kier molecular flexibility index (Phi) is 3.47. The minimum atomic E-state index is -1.29. The van der Waals surface area contributed by atoms with E-state index in [1.807, 2.05) is 0 Å². The molecule has 0 aromatic carbocycles. The van der Waals surface area contributed by atoms with E-state index >= 15 is 0 Å². The number of ether oxygens (including phenoxy) is 1. The first kappa shape index (κ1) is 12.5. The van der Waals surface area contributed by atoms with Gasteiger partial charge in [-0.2, -0.15) is 0 Å². The third-order valence-electron chi connectivity index (χ3n) is 2.40. The van der Waals surface area contributed by atoms with Crippen LogP contribution in [-0.4, -0.2) is 20.3 Å². The number of hydrogen-bond donors (Lipinski definition) is 0. The zero-order valence-corrected chi connectivity index (χ0v) is 11.7. The van der Waals surface area contributed by atoms with Gasteiger partial charge >= 0.3 is 0 Å². The van der Waals surface area contributed by atoms with Gasteiger partial charge in [0.25, 0.3) is 0 Å². The molecule has 1 rings (SSSR count). The molecule has 0 N–H and O–H groups in total. The highest BCUT2D eigenvalue weighted by molar-refractivity contribution is 6.83. The van der Waals surface area contributed by atoms with Crippen molar-refractivity contribution in [3.8, 4) is 11.5 Å². The molecular weight excluding hydrogens is 200 g/mol. The molecule has 0 bridgehead atoms. The molecule has 1 heterocycles. The fraction of sp³-hybridized carbons (Fsp3) is 0.692. The molecule has 1 aliphatic rings. The summed E-state index contributed by atoms with van der Waals surface area (Å²) in [6.07, 6.45) is 4.58. The first-order chi connectivity index (χ1) is 6.71. The molecule has 84 valence electrons. The first-order valence-electron chi connectivity index (χ1n) is 5.58. The molecule has 2 unspecified atom stereocenters. The zero-order chi connectivity index (χ0) is 11.7. The molecule has 1 aliphatic heterocycles. The van der Waals surface area contributed by atoms with Gasteiger partial charge in [0, 0.05) is 5.41 Å². The second kappa shape index (κ2) is 4.15. The number of hydrogen-bond acceptors (Lipinski definition) is 1. The van der Waals surface area contributed by atoms with Gasteiger partial charge in [0.2, 0.25) is 0 Å². The van der Waals surface area contributed by atoms with Crippen LogP contribution in [0.3, 0.4) is 0 Å². The van der Waals surface area contributed by atoms with Crippen LogP contribution >= 0.6 is 0 Å². The van der Waals surface area contributed by atoms with Crippen molar-refractivity contribution < 1.29 is 4.74 Å². The fourth-order valence-corrected chi connectivity index (χ4v) is 1.97. The van der Waals surface area contributed by atoms with Gasteiger partial charge in [-0.25, -0.2) is 0 Å². The van der Waals surface area contributed by atoms with Gasteiger partial charge < -0.3 is 4.74 Å². The van der Waals surface area contributed by atoms with E-state index in [1.165, 1.54) is 0 Å². The monoisotopic (exact) mass is 222 g/mol. The van der Waals surface area contributed by atoms with Gasteiger partial charge in [-0.3, -0.25) is 0 Å². The van der Waals surface area contributed by atoms with Crippen LogP contribution in [0.5, 0.6) is 0 Å². The van der Waals surface area contributed by atoms with Gasteiger partial charge in [0.05, 0.1) is 6.10 Å². The van der Waals surface area contributed by atoms with E-state index in [0.717, 1.165) is 0 Å². The molecule has 0 spiro atoms. The molecule has 0 radical (unpaired) electrons. The van der Waals surface area contributed by atoms with Crippen LogP contribution in [0.25, 0.3) is 0 Å². The topological polar surface area (TPSA) is 9.23 Å². The molecule has 0 saturated heterocycles. The molecule has 2 atom stereocenters. The highest BCUT2D eigenvalue weighted by Gasteiger charge is 2.31. The largest absolute Gasteiger partial charge is 0.358 e. The molecule has 2 heteroatoms. The molecule has 15 heavy (non-hydrogen) atoms. The predicted octanol–water partition coefficient (Wildman–Crippen LogP) is 3.24. The Bertz CT molecular complexity index is 312. The van der Waals surface area contributed by atoms with Crippen LogP contribution in [0.15, 0.2) is 12.2 Å². The fourth-order valence-electron chi connectivity index (χ4n) is 1.41. The Morgan fingerprint density at radius 1 is 1.27 bits per heavy atom. The van der Waals surface area contributed by atoms with Crippen molar-refractivity contribution in [3.63, 3.8) is 0 Å². The second-order valence-corrected chi connectivity index (χ2v) is 10.7. The van der Waals surface area contributed by atoms with Crippen molar-refractivity contribution in [2.24, 2.45) is 5.41 Å². The molecular formula is C13H22OSi. The number of rotatable bonds is 0. The van der Waals surface area contributed by atoms with Gasteiger partial charge in [0.1, 0.15) is 14.2 Å². The van der Waals surface area contributed by atoms with Gasteiger partial charge in [-0.1, -0.05) is 51.6 Å². The van der Waals surface area contributed by atoms with Crippen LogP contribution in [0, 0.1) is 16.9 Å². The molecule has 0 aromatic rings. The van der Waals surface area contributed by atoms with Crippen LogP contribution < -0.4 is 0 Å². The standard InChI is InChI=1S/C13H22OSi/c1-11-7-9-13(2,3)12(14-11)8-10-15(4,5)6/h7,9,11-12H,1-6H3. The summed E-state index contributed by atoms with van der Waals surface area (Å²) in [5.41, 5.74) is 3.44. The lowest BCUT2D eigenvalue weighted by molar-refractivity contribution is -0.00633. The van der Waals surface area contributed by atoms with Crippen molar-refractivity contribution >= 4 is 8.07 Å². The quantitative estimate of drug-likeness (QED) is 0.347. The predicted molar refractivity (Wildman–Crippen MR) is 68.4 cm³/mol. The van der Waals surface area contributed by atoms with E-state index in [-0.39, 0.29) is 17.6 Å². The third kappa shape index (κ3) is 3.85. The lowest BCUT2D eigenvalue weighted by atomic mass is 9.84. The lowest BCUT2D eigenvalue weighted by Gasteiger charge is -2.34. The van der Waals surface area contributed by atoms with Crippen molar-refractivity contribution in [1.29, 1.82) is 0 Å². The lowest BCUT2D eigenvalue weighted by Crippen LogP contribution is -2.36. The van der Waals surface area contributed by atoms with Crippen LogP contribution in [-0.2, 0) is 4.74 Å². The third-order valence-corrected chi connectivity index (χ3v) is 3.30. The minimum absolute atomic E-state index is 0.0408. The maximum absolute atomic E-state index is 5.86. The van der Waals surface area contributed by atoms with Crippen LogP contribution in [0.2, 0.25) is 19.6 Å². The van der Waals surface area contributed by atoms with Crippen LogP contribution in [0.4, 0.5) is 0 Å². The van der Waals surface area contributed by atoms with Gasteiger partial charge in [0.15, 0.2) is 0 Å². The summed E-state index contributed by atoms with van der Waals surface area (Å²) >= 11 is 0. The van der Waals surface area contributed by atoms with E-state index in [4.69, 9.17) is 4.74 Å². The maximum Gasteiger partial charge on any atom is 0.129 e. The molecule has 0 saturated carbocycles. The average Bonchev–Trinajstić information content (AvgIpc) is 2.05. The molecule has 0 fully saturated rings. The van der Waals surface area contributed by atoms with Crippen molar-refractivity contribution in [3.05, 3.63) is 12.2 Å². The van der Waals surface area contributed by atoms with E-state index in [9.17, 15) is 0 Å². The highest BCUT2D eigenvalue weighted by atomic mass is 28.3. The van der Waals surface area contributed by atoms with E-state index in [2.05, 4.69) is 64.0 Å². The summed E-state index contributed by atoms with van der Waals surface area (Å²) in [4.78, 5) is 0. The van der Waals surface area contributed by atoms with Crippen molar-refractivity contribution in [1.82, 2.24) is 0 Å². The Morgan fingerprint density at radius 2 is 1.87 bits per heavy atom. The summed E-state index contributed by atoms with van der Waals surface area (Å²) in [5, 5.41) is 0. The Balaban J connectivity index is 2.85. The van der Waals surface area contributed by atoms with Crippen LogP contribution in [0.1, 0.15) is 20.8 Å². The normalized spacial score (nSPS) is 29.5. The Morgan fingerprint density at radius 3 is 2.40 bits per heavy atom. The zero-order valence-electron chi connectivity index (χ0n) is 10.7. The first-order valence-corrected chi connectivity index (χ1v) is 9.08. The summed E-state index contributed by atoms with van der Waals surface area (Å²) in [6, 6.07) is 0. The maximum atomic E-state index is 5.86. The molecule has 0 aliphatic carbocycles. The summed E-state index contributed by atoms with van der Waals surface area (Å²) < 4.78 is 5.86. The SMILES string of the molecule is CC1C=CC(C)(C)C(C#C[Si](C)(C)C)O1. The van der Waals surface area contributed by atoms with Crippen molar-refractivity contribution in [2.45, 2.75) is 52.6 Å². The van der Waals surface area contributed by atoms with Gasteiger partial charge in [-0.15, -0.1) is 5.54 Å². The highest BCUT2D eigenvalue weighted by Crippen LogP contribution is 2.30. The molecule has 0 amide bonds. The molecule has 0 aromatic heterocycles. The molecule has 1 nitrogen and oxygen atoms in total. The minimum Gasteiger partial charge on any atom is -0.358 e. The Hall–Kier alpha value is -0.523. The van der Waals surface area contributed by atoms with E-state index in [1.54, 1.807) is 0 Å². The van der Waals surface area contributed by atoms with Crippen molar-refractivity contribution in [2.75, 3.05) is 0 Å². The second-order valence-electron chi connectivity index (χ2n) is 5.92. The summed E-state index contributed by atoms with van der Waals surface area (Å²) in [6.45, 7) is 13.2. The summed E-state index contributed by atoms with van der Waals surface area (Å²) in [5.74, 6) is 3.32. The smallest absolute Gasteiger partial charge is 0.129 e. The van der Waals surface area contributed by atoms with E-state index in [0.29, 0.717) is 0 Å². The average molecular weight is 222 g/mol. The Labute approximate surface area is 94.9 Å². The van der Waals surface area contributed by atoms with E-state index < -0.39 is 8.07 Å². The van der Waals surface area contributed by atoms with Gasteiger partial charge in [-0.05, 0) is 6.92 Å².